The Morgan fingerprint density at radius 2 is 1.97 bits per heavy atom. The Morgan fingerprint density at radius 1 is 1.20 bits per heavy atom. The smallest absolute Gasteiger partial charge is 0.282 e. The van der Waals surface area contributed by atoms with Gasteiger partial charge in [0.2, 0.25) is 0 Å². The summed E-state index contributed by atoms with van der Waals surface area (Å²) in [7, 11) is 1.54. The fourth-order valence-electron chi connectivity index (χ4n) is 3.50. The first-order valence-electron chi connectivity index (χ1n) is 10.8. The summed E-state index contributed by atoms with van der Waals surface area (Å²) >= 11 is 5.55. The zero-order valence-electron chi connectivity index (χ0n) is 19.3. The molecule has 1 heterocycles. The molecule has 0 bridgehead atoms. The van der Waals surface area contributed by atoms with Crippen LogP contribution < -0.4 is 15.0 Å². The monoisotopic (exact) mass is 649 g/mol. The maximum absolute atomic E-state index is 14.0. The van der Waals surface area contributed by atoms with Crippen molar-refractivity contribution in [1.29, 1.82) is 0 Å². The number of hydrogen-bond acceptors (Lipinski definition) is 5. The normalized spacial score (nSPS) is 11.5. The molecular weight excluding hydrogens is 628 g/mol. The first-order valence-corrected chi connectivity index (χ1v) is 12.7. The number of methoxy groups -OCH3 is 1. The number of nitrogens with zero attached hydrogens (tertiary/aromatic N) is 3. The number of fused-ring (bicyclic) bond motifs is 1. The third kappa shape index (κ3) is 5.56. The molecule has 6 nitrogen and oxygen atoms in total. The van der Waals surface area contributed by atoms with E-state index in [1.807, 2.05) is 32.0 Å². The Kier molecular flexibility index (Phi) is 7.85. The maximum Gasteiger partial charge on any atom is 0.282 e. The molecule has 0 atom stereocenters. The highest BCUT2D eigenvalue weighted by Crippen LogP contribution is 2.34. The van der Waals surface area contributed by atoms with Gasteiger partial charge in [0.05, 0.1) is 27.8 Å². The number of ether oxygens (including phenoxy) is 2. The topological polar surface area (TPSA) is 65.7 Å². The third-order valence-electron chi connectivity index (χ3n) is 5.25. The number of halogens is 3. The Labute approximate surface area is 224 Å². The Hall–Kier alpha value is -2.79. The van der Waals surface area contributed by atoms with Crippen molar-refractivity contribution in [3.8, 4) is 11.5 Å². The molecular formula is C26H22BrFIN3O3. The van der Waals surface area contributed by atoms with Crippen LogP contribution in [0.4, 0.5) is 4.39 Å². The minimum absolute atomic E-state index is 0.0169. The molecule has 3 aromatic carbocycles. The number of benzene rings is 3. The lowest BCUT2D eigenvalue weighted by molar-refractivity contribution is 0.277. The Bertz CT molecular complexity index is 1490. The van der Waals surface area contributed by atoms with Crippen molar-refractivity contribution in [2.24, 2.45) is 5.10 Å². The van der Waals surface area contributed by atoms with Gasteiger partial charge in [0.15, 0.2) is 11.5 Å². The van der Waals surface area contributed by atoms with Crippen LogP contribution >= 0.6 is 38.5 Å². The van der Waals surface area contributed by atoms with E-state index < -0.39 is 0 Å². The minimum atomic E-state index is -0.326. The predicted molar refractivity (Wildman–Crippen MR) is 147 cm³/mol. The Morgan fingerprint density at radius 3 is 2.69 bits per heavy atom. The molecule has 180 valence electrons. The SMILES string of the molecule is COc1cc(C=Nn2c(C(C)C)nc3ccc(Br)cc3c2=O)cc(I)c1OCc1ccccc1F. The van der Waals surface area contributed by atoms with Crippen molar-refractivity contribution >= 4 is 55.6 Å². The summed E-state index contributed by atoms with van der Waals surface area (Å²) in [6.45, 7) is 4.00. The third-order valence-corrected chi connectivity index (χ3v) is 6.55. The molecule has 0 aliphatic heterocycles. The quantitative estimate of drug-likeness (QED) is 0.169. The minimum Gasteiger partial charge on any atom is -0.493 e. The van der Waals surface area contributed by atoms with Crippen molar-refractivity contribution in [3.63, 3.8) is 0 Å². The van der Waals surface area contributed by atoms with Gasteiger partial charge in [-0.2, -0.15) is 9.78 Å². The second kappa shape index (κ2) is 10.9. The van der Waals surface area contributed by atoms with E-state index in [-0.39, 0.29) is 23.9 Å². The van der Waals surface area contributed by atoms with E-state index in [0.717, 1.165) is 8.04 Å². The molecule has 0 amide bonds. The van der Waals surface area contributed by atoms with Crippen LogP contribution in [0.2, 0.25) is 0 Å². The largest absolute Gasteiger partial charge is 0.493 e. The van der Waals surface area contributed by atoms with Crippen molar-refractivity contribution < 1.29 is 13.9 Å². The zero-order valence-corrected chi connectivity index (χ0v) is 23.0. The van der Waals surface area contributed by atoms with Crippen molar-refractivity contribution in [2.45, 2.75) is 26.4 Å². The molecule has 0 saturated carbocycles. The summed E-state index contributed by atoms with van der Waals surface area (Å²) in [5.41, 5.74) is 1.54. The van der Waals surface area contributed by atoms with E-state index in [1.165, 1.54) is 17.9 Å². The van der Waals surface area contributed by atoms with Crippen LogP contribution in [0.1, 0.15) is 36.7 Å². The molecule has 0 spiro atoms. The molecule has 0 fully saturated rings. The van der Waals surface area contributed by atoms with Gasteiger partial charge in [-0.15, -0.1) is 0 Å². The Balaban J connectivity index is 1.69. The van der Waals surface area contributed by atoms with Gasteiger partial charge < -0.3 is 9.47 Å². The van der Waals surface area contributed by atoms with Crippen LogP contribution in [-0.2, 0) is 6.61 Å². The predicted octanol–water partition coefficient (Wildman–Crippen LogP) is 6.50. The summed E-state index contributed by atoms with van der Waals surface area (Å²) in [5.74, 6) is 1.20. The maximum atomic E-state index is 14.0. The van der Waals surface area contributed by atoms with Gasteiger partial charge in [-0.25, -0.2) is 9.37 Å². The van der Waals surface area contributed by atoms with Crippen LogP contribution in [-0.4, -0.2) is 23.0 Å². The van der Waals surface area contributed by atoms with Crippen molar-refractivity contribution in [3.05, 3.63) is 95.8 Å². The molecule has 0 N–H and O–H groups in total. The lowest BCUT2D eigenvalue weighted by atomic mass is 10.2. The molecule has 35 heavy (non-hydrogen) atoms. The van der Waals surface area contributed by atoms with Crippen molar-refractivity contribution in [1.82, 2.24) is 9.66 Å². The molecule has 4 aromatic rings. The molecule has 0 radical (unpaired) electrons. The van der Waals surface area contributed by atoms with E-state index in [9.17, 15) is 9.18 Å². The molecule has 4 rings (SSSR count). The molecule has 0 unspecified atom stereocenters. The second-order valence-electron chi connectivity index (χ2n) is 8.06. The van der Waals surface area contributed by atoms with Crippen molar-refractivity contribution in [2.75, 3.05) is 7.11 Å². The molecule has 0 aliphatic carbocycles. The molecule has 0 aliphatic rings. The second-order valence-corrected chi connectivity index (χ2v) is 10.1. The van der Waals surface area contributed by atoms with E-state index >= 15 is 0 Å². The summed E-state index contributed by atoms with van der Waals surface area (Å²) in [6.07, 6.45) is 1.59. The fraction of sp³-hybridized carbons (Fsp3) is 0.192. The zero-order chi connectivity index (χ0) is 25.1. The van der Waals surface area contributed by atoms with Gasteiger partial charge in [0.25, 0.3) is 5.56 Å². The summed E-state index contributed by atoms with van der Waals surface area (Å²) < 4.78 is 28.3. The summed E-state index contributed by atoms with van der Waals surface area (Å²) in [6, 6.07) is 15.5. The van der Waals surface area contributed by atoms with Crippen LogP contribution in [0.15, 0.2) is 69.0 Å². The lowest BCUT2D eigenvalue weighted by Crippen LogP contribution is -2.23. The van der Waals surface area contributed by atoms with E-state index in [1.54, 1.807) is 36.5 Å². The van der Waals surface area contributed by atoms with Gasteiger partial charge in [-0.05, 0) is 64.6 Å². The first kappa shape index (κ1) is 25.3. The van der Waals surface area contributed by atoms with E-state index in [0.29, 0.717) is 39.4 Å². The number of aromatic nitrogens is 2. The highest BCUT2D eigenvalue weighted by molar-refractivity contribution is 14.1. The molecule has 0 saturated heterocycles. The van der Waals surface area contributed by atoms with Gasteiger partial charge in [-0.1, -0.05) is 48.0 Å². The van der Waals surface area contributed by atoms with Crippen LogP contribution in [0.5, 0.6) is 11.5 Å². The summed E-state index contributed by atoms with van der Waals surface area (Å²) in [5, 5.41) is 4.96. The first-order chi connectivity index (χ1) is 16.8. The number of rotatable bonds is 7. The van der Waals surface area contributed by atoms with Gasteiger partial charge >= 0.3 is 0 Å². The average molecular weight is 650 g/mol. The average Bonchev–Trinajstić information content (AvgIpc) is 2.83. The van der Waals surface area contributed by atoms with E-state index in [4.69, 9.17) is 9.47 Å². The van der Waals surface area contributed by atoms with Gasteiger partial charge in [0, 0.05) is 16.0 Å². The van der Waals surface area contributed by atoms with Crippen LogP contribution in [0.3, 0.4) is 0 Å². The highest BCUT2D eigenvalue weighted by atomic mass is 127. The molecule has 1 aromatic heterocycles. The summed E-state index contributed by atoms with van der Waals surface area (Å²) in [4.78, 5) is 17.9. The van der Waals surface area contributed by atoms with E-state index in [2.05, 4.69) is 48.6 Å². The van der Waals surface area contributed by atoms with Crippen LogP contribution in [0, 0.1) is 9.39 Å². The van der Waals surface area contributed by atoms with Crippen LogP contribution in [0.25, 0.3) is 10.9 Å². The standard InChI is InChI=1S/C26H22BrFIN3O3/c1-15(2)25-31-22-9-8-18(27)12-19(22)26(33)32(25)30-13-16-10-21(29)24(23(11-16)34-3)35-14-17-6-4-5-7-20(17)28/h4-13,15H,14H2,1-3H3. The lowest BCUT2D eigenvalue weighted by Gasteiger charge is -2.14. The fourth-order valence-corrected chi connectivity index (χ4v) is 4.64. The number of hydrogen-bond donors (Lipinski definition) is 0. The highest BCUT2D eigenvalue weighted by Gasteiger charge is 2.15. The van der Waals surface area contributed by atoms with Gasteiger partial charge in [0.1, 0.15) is 18.2 Å². The van der Waals surface area contributed by atoms with Gasteiger partial charge in [-0.3, -0.25) is 4.79 Å². The molecule has 9 heteroatoms.